The molecular formula is C23H21F3N2O3S. The number of halogens is 3. The van der Waals surface area contributed by atoms with Gasteiger partial charge in [0, 0.05) is 17.8 Å². The van der Waals surface area contributed by atoms with Gasteiger partial charge in [-0.25, -0.2) is 8.42 Å². The summed E-state index contributed by atoms with van der Waals surface area (Å²) < 4.78 is 66.5. The minimum absolute atomic E-state index is 0.104. The van der Waals surface area contributed by atoms with E-state index in [1.807, 2.05) is 6.92 Å². The molecule has 0 aliphatic heterocycles. The number of hydrogen-bond acceptors (Lipinski definition) is 3. The van der Waals surface area contributed by atoms with Gasteiger partial charge in [0.1, 0.15) is 0 Å². The van der Waals surface area contributed by atoms with Crippen LogP contribution >= 0.6 is 0 Å². The Morgan fingerprint density at radius 3 is 2.28 bits per heavy atom. The third-order valence-electron chi connectivity index (χ3n) is 4.78. The van der Waals surface area contributed by atoms with E-state index in [1.165, 1.54) is 30.3 Å². The van der Waals surface area contributed by atoms with Gasteiger partial charge in [0.2, 0.25) is 0 Å². The molecule has 0 unspecified atom stereocenters. The van der Waals surface area contributed by atoms with E-state index in [2.05, 4.69) is 10.0 Å². The lowest BCUT2D eigenvalue weighted by Gasteiger charge is -2.13. The summed E-state index contributed by atoms with van der Waals surface area (Å²) in [5, 5.41) is 2.55. The van der Waals surface area contributed by atoms with Crippen molar-refractivity contribution in [3.63, 3.8) is 0 Å². The van der Waals surface area contributed by atoms with Crippen LogP contribution in [0.15, 0.2) is 71.6 Å². The van der Waals surface area contributed by atoms with Crippen LogP contribution in [0.25, 0.3) is 0 Å². The van der Waals surface area contributed by atoms with E-state index in [1.54, 1.807) is 31.2 Å². The lowest BCUT2D eigenvalue weighted by Crippen LogP contribution is -2.24. The summed E-state index contributed by atoms with van der Waals surface area (Å²) in [6.07, 6.45) is -4.48. The first-order valence-electron chi connectivity index (χ1n) is 9.60. The predicted molar refractivity (Wildman–Crippen MR) is 116 cm³/mol. The van der Waals surface area contributed by atoms with Crippen molar-refractivity contribution in [2.75, 3.05) is 4.72 Å². The number of amides is 1. The molecule has 0 aliphatic rings. The van der Waals surface area contributed by atoms with Crippen molar-refractivity contribution < 1.29 is 26.4 Å². The number of rotatable bonds is 6. The van der Waals surface area contributed by atoms with Gasteiger partial charge in [0.05, 0.1) is 10.5 Å². The molecule has 0 spiro atoms. The number of anilines is 1. The van der Waals surface area contributed by atoms with Gasteiger partial charge in [-0.3, -0.25) is 9.52 Å². The molecule has 3 aromatic rings. The topological polar surface area (TPSA) is 75.3 Å². The van der Waals surface area contributed by atoms with Crippen molar-refractivity contribution in [3.8, 4) is 0 Å². The van der Waals surface area contributed by atoms with Crippen LogP contribution in [0.2, 0.25) is 0 Å². The molecule has 32 heavy (non-hydrogen) atoms. The molecule has 0 saturated heterocycles. The molecule has 0 aliphatic carbocycles. The zero-order valence-corrected chi connectivity index (χ0v) is 18.1. The maximum atomic E-state index is 12.9. The lowest BCUT2D eigenvalue weighted by molar-refractivity contribution is -0.137. The molecule has 0 saturated carbocycles. The Morgan fingerprint density at radius 2 is 1.62 bits per heavy atom. The van der Waals surface area contributed by atoms with Gasteiger partial charge in [0.15, 0.2) is 0 Å². The average Bonchev–Trinajstić information content (AvgIpc) is 2.73. The molecule has 0 fully saturated rings. The third kappa shape index (κ3) is 5.67. The Labute approximate surface area is 184 Å². The number of aryl methyl sites for hydroxylation is 2. The van der Waals surface area contributed by atoms with Crippen molar-refractivity contribution in [1.29, 1.82) is 0 Å². The molecule has 0 atom stereocenters. The summed E-state index contributed by atoms with van der Waals surface area (Å²) in [5.74, 6) is -0.590. The van der Waals surface area contributed by atoms with Crippen LogP contribution in [-0.2, 0) is 22.7 Å². The second kappa shape index (κ2) is 9.04. The fourth-order valence-electron chi connectivity index (χ4n) is 2.98. The predicted octanol–water partition coefficient (Wildman–Crippen LogP) is 5.05. The number of alkyl halides is 3. The van der Waals surface area contributed by atoms with E-state index in [0.717, 1.165) is 17.7 Å². The molecule has 0 aromatic heterocycles. The number of hydrogen-bond donors (Lipinski definition) is 2. The molecule has 1 amide bonds. The quantitative estimate of drug-likeness (QED) is 0.538. The first kappa shape index (κ1) is 23.3. The van der Waals surface area contributed by atoms with Gasteiger partial charge in [-0.05, 0) is 61.4 Å². The molecule has 0 radical (unpaired) electrons. The van der Waals surface area contributed by atoms with Crippen molar-refractivity contribution in [2.24, 2.45) is 0 Å². The fourth-order valence-corrected chi connectivity index (χ4v) is 4.07. The first-order valence-corrected chi connectivity index (χ1v) is 11.1. The van der Waals surface area contributed by atoms with E-state index in [-0.39, 0.29) is 22.6 Å². The number of carbonyl (C=O) groups is 1. The molecule has 9 heteroatoms. The van der Waals surface area contributed by atoms with E-state index in [9.17, 15) is 26.4 Å². The van der Waals surface area contributed by atoms with Gasteiger partial charge >= 0.3 is 6.18 Å². The highest BCUT2D eigenvalue weighted by molar-refractivity contribution is 7.92. The van der Waals surface area contributed by atoms with Crippen molar-refractivity contribution in [3.05, 3.63) is 94.5 Å². The van der Waals surface area contributed by atoms with Crippen LogP contribution in [0.4, 0.5) is 18.9 Å². The van der Waals surface area contributed by atoms with Crippen molar-refractivity contribution >= 4 is 21.6 Å². The smallest absolute Gasteiger partial charge is 0.348 e. The zero-order chi connectivity index (χ0) is 23.5. The lowest BCUT2D eigenvalue weighted by atomic mass is 10.1. The fraction of sp³-hybridized carbons (Fsp3) is 0.174. The Balaban J connectivity index is 1.78. The number of benzene rings is 3. The summed E-state index contributed by atoms with van der Waals surface area (Å²) in [6.45, 7) is 3.38. The van der Waals surface area contributed by atoms with E-state index < -0.39 is 27.7 Å². The maximum absolute atomic E-state index is 12.9. The summed E-state index contributed by atoms with van der Waals surface area (Å²) >= 11 is 0. The largest absolute Gasteiger partial charge is 0.416 e. The van der Waals surface area contributed by atoms with Crippen LogP contribution in [0.1, 0.15) is 32.6 Å². The standard InChI is InChI=1S/C23H21F3N2O3S/c1-15-6-9-19(10-7-15)28-32(30,31)20-11-8-16(2)21(13-20)22(29)27-14-17-4-3-5-18(12-17)23(24,25)26/h3-13,28H,14H2,1-2H3,(H,27,29). The summed E-state index contributed by atoms with van der Waals surface area (Å²) in [7, 11) is -3.94. The van der Waals surface area contributed by atoms with Crippen molar-refractivity contribution in [2.45, 2.75) is 31.5 Å². The number of carbonyl (C=O) groups excluding carboxylic acids is 1. The van der Waals surface area contributed by atoms with Crippen LogP contribution in [0.3, 0.4) is 0 Å². The van der Waals surface area contributed by atoms with Crippen LogP contribution in [0, 0.1) is 13.8 Å². The van der Waals surface area contributed by atoms with Gasteiger partial charge < -0.3 is 5.32 Å². The zero-order valence-electron chi connectivity index (χ0n) is 17.3. The normalized spacial score (nSPS) is 11.8. The van der Waals surface area contributed by atoms with Crippen LogP contribution < -0.4 is 10.0 Å². The Kier molecular flexibility index (Phi) is 6.59. The Hall–Kier alpha value is -3.33. The minimum atomic E-state index is -4.48. The molecule has 168 valence electrons. The first-order chi connectivity index (χ1) is 15.0. The molecule has 0 bridgehead atoms. The number of nitrogens with one attached hydrogen (secondary N) is 2. The Bertz CT molecular complexity index is 1240. The van der Waals surface area contributed by atoms with Gasteiger partial charge in [0.25, 0.3) is 15.9 Å². The van der Waals surface area contributed by atoms with E-state index in [4.69, 9.17) is 0 Å². The van der Waals surface area contributed by atoms with Crippen molar-refractivity contribution in [1.82, 2.24) is 5.32 Å². The summed E-state index contributed by atoms with van der Waals surface area (Å²) in [5.41, 5.74) is 1.46. The summed E-state index contributed by atoms with van der Waals surface area (Å²) in [4.78, 5) is 12.5. The highest BCUT2D eigenvalue weighted by Crippen LogP contribution is 2.29. The SMILES string of the molecule is Cc1ccc(NS(=O)(=O)c2ccc(C)c(C(=O)NCc3cccc(C(F)(F)F)c3)c2)cc1. The molecule has 0 heterocycles. The molecule has 5 nitrogen and oxygen atoms in total. The van der Waals surface area contributed by atoms with E-state index in [0.29, 0.717) is 11.3 Å². The van der Waals surface area contributed by atoms with Gasteiger partial charge in [-0.15, -0.1) is 0 Å². The molecule has 2 N–H and O–H groups in total. The van der Waals surface area contributed by atoms with Gasteiger partial charge in [-0.1, -0.05) is 35.9 Å². The second-order valence-electron chi connectivity index (χ2n) is 7.33. The second-order valence-corrected chi connectivity index (χ2v) is 9.01. The van der Waals surface area contributed by atoms with Crippen LogP contribution in [-0.4, -0.2) is 14.3 Å². The highest BCUT2D eigenvalue weighted by atomic mass is 32.2. The monoisotopic (exact) mass is 462 g/mol. The maximum Gasteiger partial charge on any atom is 0.416 e. The minimum Gasteiger partial charge on any atom is -0.348 e. The summed E-state index contributed by atoms with van der Waals surface area (Å²) in [6, 6.07) is 15.6. The highest BCUT2D eigenvalue weighted by Gasteiger charge is 2.30. The molecular weight excluding hydrogens is 441 g/mol. The number of sulfonamides is 1. The van der Waals surface area contributed by atoms with Crippen LogP contribution in [0.5, 0.6) is 0 Å². The van der Waals surface area contributed by atoms with E-state index >= 15 is 0 Å². The van der Waals surface area contributed by atoms with Gasteiger partial charge in [-0.2, -0.15) is 13.2 Å². The third-order valence-corrected chi connectivity index (χ3v) is 6.15. The average molecular weight is 462 g/mol. The molecule has 3 aromatic carbocycles. The molecule has 3 rings (SSSR count). The Morgan fingerprint density at radius 1 is 0.938 bits per heavy atom.